The Morgan fingerprint density at radius 3 is 1.90 bits per heavy atom. The molecule has 0 saturated heterocycles. The highest BCUT2D eigenvalue weighted by Crippen LogP contribution is 2.26. The number of hydrogen-bond donors (Lipinski definition) is 5. The zero-order chi connectivity index (χ0) is 6.57. The Morgan fingerprint density at radius 1 is 1.40 bits per heavy atom. The van der Waals surface area contributed by atoms with Crippen molar-refractivity contribution < 1.29 is 19.4 Å². The van der Waals surface area contributed by atoms with E-state index in [0.29, 0.717) is 0 Å². The van der Waals surface area contributed by atoms with E-state index in [1.54, 1.807) is 6.92 Å². The minimum absolute atomic E-state index is 0. The van der Waals surface area contributed by atoms with Gasteiger partial charge in [-0.1, -0.05) is 0 Å². The smallest absolute Gasteiger partial charge is 0.327 e. The number of aliphatic hydroxyl groups is 1. The fourth-order valence-corrected chi connectivity index (χ4v) is 0.583. The molecule has 1 atom stereocenters. The number of hydrogen-bond acceptors (Lipinski definition) is 6. The summed E-state index contributed by atoms with van der Waals surface area (Å²) < 4.78 is 4.33. The maximum absolute atomic E-state index is 8.25. The van der Waals surface area contributed by atoms with Crippen LogP contribution in [0.15, 0.2) is 0 Å². The highest BCUT2D eigenvalue weighted by Gasteiger charge is 2.05. The van der Waals surface area contributed by atoms with Gasteiger partial charge in [-0.15, -0.1) is 0 Å². The van der Waals surface area contributed by atoms with Crippen molar-refractivity contribution in [2.24, 2.45) is 0 Å². The second kappa shape index (κ2) is 9.19. The first-order valence-electron chi connectivity index (χ1n) is 2.12. The van der Waals surface area contributed by atoms with Crippen molar-refractivity contribution in [2.45, 2.75) is 13.0 Å². The summed E-state index contributed by atoms with van der Waals surface area (Å²) in [6, 6.07) is 0. The molecule has 7 heteroatoms. The number of rotatable bonds is 3. The summed E-state index contributed by atoms with van der Waals surface area (Å²) in [5.74, 6) is 0. The van der Waals surface area contributed by atoms with Gasteiger partial charge in [0.15, 0.2) is 0 Å². The van der Waals surface area contributed by atoms with Crippen LogP contribution in [0.1, 0.15) is 6.92 Å². The van der Waals surface area contributed by atoms with Crippen LogP contribution >= 0.6 is 8.60 Å². The molecule has 0 spiro atoms. The summed E-state index contributed by atoms with van der Waals surface area (Å²) >= 11 is 0. The Labute approximate surface area is 61.0 Å². The minimum Gasteiger partial charge on any atom is -0.394 e. The van der Waals surface area contributed by atoms with E-state index in [0.717, 1.165) is 0 Å². The molecule has 0 heterocycles. The second-order valence-electron chi connectivity index (χ2n) is 1.35. The Kier molecular flexibility index (Phi) is 15.3. The molecule has 0 amide bonds. The van der Waals surface area contributed by atoms with E-state index in [1.807, 2.05) is 0 Å². The Balaban J connectivity index is -0.000000245. The van der Waals surface area contributed by atoms with Gasteiger partial charge in [0.1, 0.15) is 0 Å². The van der Waals surface area contributed by atoms with Crippen LogP contribution in [0.4, 0.5) is 0 Å². The van der Waals surface area contributed by atoms with Crippen LogP contribution in [-0.2, 0) is 4.52 Å². The summed E-state index contributed by atoms with van der Waals surface area (Å²) in [7, 11) is -2.31. The normalized spacial score (nSPS) is 11.7. The summed E-state index contributed by atoms with van der Waals surface area (Å²) in [6.45, 7) is 1.35. The van der Waals surface area contributed by atoms with Gasteiger partial charge in [-0.3, -0.25) is 0 Å². The van der Waals surface area contributed by atoms with Gasteiger partial charge in [0.25, 0.3) is 0 Å². The Bertz CT molecular complexity index is 64.5. The van der Waals surface area contributed by atoms with Gasteiger partial charge in [0, 0.05) is 0 Å². The van der Waals surface area contributed by atoms with Crippen molar-refractivity contribution in [1.29, 1.82) is 0 Å². The van der Waals surface area contributed by atoms with E-state index in [1.165, 1.54) is 0 Å². The molecule has 0 aliphatic heterocycles. The van der Waals surface area contributed by atoms with Gasteiger partial charge in [0.2, 0.25) is 0 Å². The third-order valence-corrected chi connectivity index (χ3v) is 1.08. The molecule has 0 aliphatic rings. The summed E-state index contributed by atoms with van der Waals surface area (Å²) in [5.41, 5.74) is 0. The topological polar surface area (TPSA) is 140 Å². The maximum Gasteiger partial charge on any atom is 0.327 e. The molecule has 0 rings (SSSR count). The molecule has 0 aromatic heterocycles. The van der Waals surface area contributed by atoms with E-state index in [4.69, 9.17) is 14.9 Å². The van der Waals surface area contributed by atoms with Gasteiger partial charge in [-0.2, -0.15) is 0 Å². The van der Waals surface area contributed by atoms with E-state index in [-0.39, 0.29) is 18.9 Å². The molecule has 0 saturated carbocycles. The number of aliphatic hydroxyl groups excluding tert-OH is 1. The maximum atomic E-state index is 8.25. The predicted molar refractivity (Wildman–Crippen MR) is 39.0 cm³/mol. The molecule has 0 radical (unpaired) electrons. The van der Waals surface area contributed by atoms with Crippen LogP contribution < -0.4 is 12.3 Å². The van der Waals surface area contributed by atoms with Crippen LogP contribution in [0, 0.1) is 0 Å². The first-order chi connectivity index (χ1) is 3.66. The summed E-state index contributed by atoms with van der Waals surface area (Å²) in [5, 5.41) is 8.25. The molecule has 1 unspecified atom stereocenters. The van der Waals surface area contributed by atoms with Crippen molar-refractivity contribution in [1.82, 2.24) is 12.3 Å². The molecule has 0 aromatic rings. The largest absolute Gasteiger partial charge is 0.394 e. The molecule has 6 nitrogen and oxygen atoms in total. The van der Waals surface area contributed by atoms with Crippen LogP contribution in [-0.4, -0.2) is 27.6 Å². The summed E-state index contributed by atoms with van der Waals surface area (Å²) in [6.07, 6.45) is -0.490. The lowest BCUT2D eigenvalue weighted by atomic mass is 10.5. The van der Waals surface area contributed by atoms with Crippen molar-refractivity contribution in [3.63, 3.8) is 0 Å². The molecule has 10 heavy (non-hydrogen) atoms. The molecule has 9 N–H and O–H groups in total. The molecule has 0 bridgehead atoms. The Hall–Kier alpha value is 0.190. The second-order valence-corrected chi connectivity index (χ2v) is 2.07. The highest BCUT2D eigenvalue weighted by molar-refractivity contribution is 7.39. The van der Waals surface area contributed by atoms with E-state index < -0.39 is 14.7 Å². The highest BCUT2D eigenvalue weighted by atomic mass is 31.2. The van der Waals surface area contributed by atoms with E-state index in [2.05, 4.69) is 4.52 Å². The fourth-order valence-electron chi connectivity index (χ4n) is 0.194. The molecular formula is C3H15N2O4P. The lowest BCUT2D eigenvalue weighted by Crippen LogP contribution is -2.09. The van der Waals surface area contributed by atoms with Crippen molar-refractivity contribution in [2.75, 3.05) is 6.61 Å². The zero-order valence-electron chi connectivity index (χ0n) is 5.90. The lowest BCUT2D eigenvalue weighted by Gasteiger charge is -2.07. The third-order valence-electron chi connectivity index (χ3n) is 0.531. The van der Waals surface area contributed by atoms with Crippen LogP contribution in [0.5, 0.6) is 0 Å². The zero-order valence-corrected chi connectivity index (χ0v) is 6.79. The first-order valence-corrected chi connectivity index (χ1v) is 3.29. The predicted octanol–water partition coefficient (Wildman–Crippen LogP) is -0.0807. The van der Waals surface area contributed by atoms with Crippen LogP contribution in [0.3, 0.4) is 0 Å². The first kappa shape index (κ1) is 16.6. The standard InChI is InChI=1S/C3H9O4P.2H3N/c1-3(2-4)7-8(5)6;;/h3-6H,2H2,1H3;2*1H3. The molecule has 66 valence electrons. The monoisotopic (exact) mass is 174 g/mol. The third kappa shape index (κ3) is 11.0. The lowest BCUT2D eigenvalue weighted by molar-refractivity contribution is 0.114. The van der Waals surface area contributed by atoms with Gasteiger partial charge >= 0.3 is 8.60 Å². The van der Waals surface area contributed by atoms with E-state index >= 15 is 0 Å². The van der Waals surface area contributed by atoms with Gasteiger partial charge in [-0.05, 0) is 6.92 Å². The Morgan fingerprint density at radius 2 is 1.80 bits per heavy atom. The average Bonchev–Trinajstić information content (AvgIpc) is 1.65. The van der Waals surface area contributed by atoms with Crippen molar-refractivity contribution in [3.05, 3.63) is 0 Å². The average molecular weight is 174 g/mol. The molecular weight excluding hydrogens is 159 g/mol. The quantitative estimate of drug-likeness (QED) is 0.379. The minimum atomic E-state index is -2.31. The van der Waals surface area contributed by atoms with E-state index in [9.17, 15) is 0 Å². The molecule has 0 aromatic carbocycles. The van der Waals surface area contributed by atoms with Gasteiger partial charge in [0.05, 0.1) is 12.7 Å². The van der Waals surface area contributed by atoms with Gasteiger partial charge < -0.3 is 31.7 Å². The van der Waals surface area contributed by atoms with Crippen LogP contribution in [0.2, 0.25) is 0 Å². The molecule has 0 fully saturated rings. The molecule has 0 aliphatic carbocycles. The fraction of sp³-hybridized carbons (Fsp3) is 1.00. The van der Waals surface area contributed by atoms with Crippen molar-refractivity contribution in [3.8, 4) is 0 Å². The van der Waals surface area contributed by atoms with Crippen LogP contribution in [0.25, 0.3) is 0 Å². The van der Waals surface area contributed by atoms with Crippen molar-refractivity contribution >= 4 is 8.60 Å². The summed E-state index contributed by atoms with van der Waals surface area (Å²) in [4.78, 5) is 16.3. The van der Waals surface area contributed by atoms with Gasteiger partial charge in [-0.25, -0.2) is 0 Å². The SMILES string of the molecule is CC(CO)OP(O)O.N.N.